The number of nitrogens with zero attached hydrogens (tertiary/aromatic N) is 2. The molecule has 0 spiro atoms. The highest BCUT2D eigenvalue weighted by atomic mass is 16.5. The van der Waals surface area contributed by atoms with E-state index in [1.807, 2.05) is 12.1 Å². The fourth-order valence-electron chi connectivity index (χ4n) is 5.20. The number of carbonyl (C=O) groups is 1. The van der Waals surface area contributed by atoms with Crippen LogP contribution in [0.25, 0.3) is 0 Å². The maximum atomic E-state index is 12.9. The van der Waals surface area contributed by atoms with Crippen molar-refractivity contribution in [1.82, 2.24) is 15.1 Å². The van der Waals surface area contributed by atoms with Crippen molar-refractivity contribution in [3.05, 3.63) is 65.7 Å². The van der Waals surface area contributed by atoms with Crippen LogP contribution in [0.5, 0.6) is 5.75 Å². The van der Waals surface area contributed by atoms with E-state index in [9.17, 15) is 4.79 Å². The Labute approximate surface area is 199 Å². The van der Waals surface area contributed by atoms with E-state index in [1.54, 1.807) is 7.11 Å². The lowest BCUT2D eigenvalue weighted by molar-refractivity contribution is -0.127. The van der Waals surface area contributed by atoms with Gasteiger partial charge in [-0.25, -0.2) is 0 Å². The van der Waals surface area contributed by atoms with Crippen molar-refractivity contribution in [2.24, 2.45) is 5.92 Å². The molecule has 0 saturated carbocycles. The number of ether oxygens (including phenoxy) is 1. The molecule has 4 rings (SSSR count). The largest absolute Gasteiger partial charge is 0.497 e. The molecule has 2 aromatic carbocycles. The average molecular weight is 450 g/mol. The van der Waals surface area contributed by atoms with Crippen molar-refractivity contribution in [3.8, 4) is 5.75 Å². The van der Waals surface area contributed by atoms with Crippen LogP contribution in [0.2, 0.25) is 0 Å². The van der Waals surface area contributed by atoms with Gasteiger partial charge in [-0.1, -0.05) is 42.5 Å². The minimum Gasteiger partial charge on any atom is -0.497 e. The SMILES string of the molecule is COc1ccc(CC2CCN(C(C)C(=O)NC3CCN(Cc4ccccc4)CC3)CC2)cc1. The van der Waals surface area contributed by atoms with E-state index in [0.717, 1.165) is 70.6 Å². The number of benzene rings is 2. The highest BCUT2D eigenvalue weighted by Crippen LogP contribution is 2.24. The van der Waals surface area contributed by atoms with E-state index in [0.29, 0.717) is 12.0 Å². The number of likely N-dealkylation sites (tertiary alicyclic amines) is 2. The molecular weight excluding hydrogens is 410 g/mol. The Morgan fingerprint density at radius 2 is 1.61 bits per heavy atom. The molecule has 178 valence electrons. The summed E-state index contributed by atoms with van der Waals surface area (Å²) in [6.07, 6.45) is 5.49. The van der Waals surface area contributed by atoms with Crippen LogP contribution >= 0.6 is 0 Å². The van der Waals surface area contributed by atoms with Gasteiger partial charge in [0.1, 0.15) is 5.75 Å². The summed E-state index contributed by atoms with van der Waals surface area (Å²) in [5, 5.41) is 3.34. The topological polar surface area (TPSA) is 44.8 Å². The molecule has 2 aliphatic heterocycles. The van der Waals surface area contributed by atoms with Crippen LogP contribution in [0.1, 0.15) is 43.7 Å². The summed E-state index contributed by atoms with van der Waals surface area (Å²) >= 11 is 0. The standard InChI is InChI=1S/C28H39N3O2/c1-22(31-18-12-24(13-19-31)20-23-8-10-27(33-2)11-9-23)28(32)29-26-14-16-30(17-15-26)21-25-6-4-3-5-7-25/h3-11,22,24,26H,12-21H2,1-2H3,(H,29,32). The van der Waals surface area contributed by atoms with E-state index in [4.69, 9.17) is 4.74 Å². The second-order valence-electron chi connectivity index (χ2n) is 9.75. The van der Waals surface area contributed by atoms with Crippen molar-refractivity contribution < 1.29 is 9.53 Å². The number of nitrogens with one attached hydrogen (secondary N) is 1. The Bertz CT molecular complexity index is 854. The van der Waals surface area contributed by atoms with Gasteiger partial charge >= 0.3 is 0 Å². The first kappa shape index (κ1) is 23.8. The van der Waals surface area contributed by atoms with Gasteiger partial charge in [0.05, 0.1) is 13.2 Å². The summed E-state index contributed by atoms with van der Waals surface area (Å²) in [7, 11) is 1.71. The van der Waals surface area contributed by atoms with E-state index < -0.39 is 0 Å². The first-order chi connectivity index (χ1) is 16.1. The van der Waals surface area contributed by atoms with Gasteiger partial charge < -0.3 is 10.1 Å². The molecule has 0 bridgehead atoms. The Hall–Kier alpha value is -2.37. The Balaban J connectivity index is 1.16. The molecule has 1 atom stereocenters. The molecule has 2 aromatic rings. The summed E-state index contributed by atoms with van der Waals surface area (Å²) < 4.78 is 5.26. The summed E-state index contributed by atoms with van der Waals surface area (Å²) in [4.78, 5) is 17.8. The van der Waals surface area contributed by atoms with Gasteiger partial charge in [-0.3, -0.25) is 14.6 Å². The minimum absolute atomic E-state index is 0.0470. The fourth-order valence-corrected chi connectivity index (χ4v) is 5.20. The smallest absolute Gasteiger partial charge is 0.237 e. The summed E-state index contributed by atoms with van der Waals surface area (Å²) in [5.41, 5.74) is 2.74. The molecule has 1 N–H and O–H groups in total. The molecule has 1 amide bonds. The molecule has 2 aliphatic rings. The molecular formula is C28H39N3O2. The van der Waals surface area contributed by atoms with E-state index in [-0.39, 0.29) is 11.9 Å². The zero-order valence-electron chi connectivity index (χ0n) is 20.2. The predicted molar refractivity (Wildman–Crippen MR) is 133 cm³/mol. The Morgan fingerprint density at radius 1 is 0.939 bits per heavy atom. The first-order valence-electron chi connectivity index (χ1n) is 12.5. The quantitative estimate of drug-likeness (QED) is 0.659. The van der Waals surface area contributed by atoms with Crippen LogP contribution in [0.3, 0.4) is 0 Å². The lowest BCUT2D eigenvalue weighted by atomic mass is 9.89. The van der Waals surface area contributed by atoms with Gasteiger partial charge in [0.15, 0.2) is 0 Å². The van der Waals surface area contributed by atoms with Crippen molar-refractivity contribution in [2.75, 3.05) is 33.3 Å². The van der Waals surface area contributed by atoms with E-state index >= 15 is 0 Å². The van der Waals surface area contributed by atoms with Crippen LogP contribution in [0, 0.1) is 5.92 Å². The van der Waals surface area contributed by atoms with Crippen LogP contribution < -0.4 is 10.1 Å². The first-order valence-corrected chi connectivity index (χ1v) is 12.5. The zero-order valence-corrected chi connectivity index (χ0v) is 20.2. The normalized spacial score (nSPS) is 19.8. The molecule has 2 saturated heterocycles. The Kier molecular flexibility index (Phi) is 8.40. The van der Waals surface area contributed by atoms with Gasteiger partial charge in [0.25, 0.3) is 0 Å². The molecule has 0 aromatic heterocycles. The van der Waals surface area contributed by atoms with Crippen molar-refractivity contribution in [2.45, 2.75) is 57.7 Å². The minimum atomic E-state index is -0.0470. The van der Waals surface area contributed by atoms with Crippen molar-refractivity contribution >= 4 is 5.91 Å². The van der Waals surface area contributed by atoms with Gasteiger partial charge in [0.2, 0.25) is 5.91 Å². The number of rotatable bonds is 8. The molecule has 33 heavy (non-hydrogen) atoms. The average Bonchev–Trinajstić information content (AvgIpc) is 2.86. The molecule has 5 heteroatoms. The third kappa shape index (κ3) is 6.81. The van der Waals surface area contributed by atoms with Gasteiger partial charge in [-0.15, -0.1) is 0 Å². The fraction of sp³-hybridized carbons (Fsp3) is 0.536. The van der Waals surface area contributed by atoms with Crippen LogP contribution in [0.4, 0.5) is 0 Å². The highest BCUT2D eigenvalue weighted by molar-refractivity contribution is 5.81. The maximum absolute atomic E-state index is 12.9. The zero-order chi connectivity index (χ0) is 23.0. The summed E-state index contributed by atoms with van der Waals surface area (Å²) in [5.74, 6) is 1.80. The second kappa shape index (κ2) is 11.7. The van der Waals surface area contributed by atoms with Crippen LogP contribution in [0.15, 0.2) is 54.6 Å². The summed E-state index contributed by atoms with van der Waals surface area (Å²) in [6.45, 7) is 7.18. The molecule has 2 heterocycles. The number of carbonyl (C=O) groups excluding carboxylic acids is 1. The number of piperidine rings is 2. The van der Waals surface area contributed by atoms with E-state index in [1.165, 1.54) is 11.1 Å². The van der Waals surface area contributed by atoms with Gasteiger partial charge in [-0.05, 0) is 81.3 Å². The number of hydrogen-bond acceptors (Lipinski definition) is 4. The van der Waals surface area contributed by atoms with Crippen molar-refractivity contribution in [1.29, 1.82) is 0 Å². The molecule has 1 unspecified atom stereocenters. The second-order valence-corrected chi connectivity index (χ2v) is 9.75. The lowest BCUT2D eigenvalue weighted by Gasteiger charge is -2.37. The third-order valence-electron chi connectivity index (χ3n) is 7.44. The lowest BCUT2D eigenvalue weighted by Crippen LogP contribution is -2.52. The molecule has 5 nitrogen and oxygen atoms in total. The number of hydrogen-bond donors (Lipinski definition) is 1. The summed E-state index contributed by atoms with van der Waals surface area (Å²) in [6, 6.07) is 19.3. The van der Waals surface area contributed by atoms with E-state index in [2.05, 4.69) is 64.5 Å². The third-order valence-corrected chi connectivity index (χ3v) is 7.44. The van der Waals surface area contributed by atoms with Gasteiger partial charge in [0, 0.05) is 25.7 Å². The van der Waals surface area contributed by atoms with Crippen molar-refractivity contribution in [3.63, 3.8) is 0 Å². The highest BCUT2D eigenvalue weighted by Gasteiger charge is 2.29. The molecule has 0 aliphatic carbocycles. The molecule has 2 fully saturated rings. The number of amides is 1. The Morgan fingerprint density at radius 3 is 2.24 bits per heavy atom. The number of methoxy groups -OCH3 is 1. The monoisotopic (exact) mass is 449 g/mol. The maximum Gasteiger partial charge on any atom is 0.237 e. The predicted octanol–water partition coefficient (Wildman–Crippen LogP) is 4.12. The van der Waals surface area contributed by atoms with Gasteiger partial charge in [-0.2, -0.15) is 0 Å². The molecule has 0 radical (unpaired) electrons. The van der Waals surface area contributed by atoms with Crippen LogP contribution in [-0.4, -0.2) is 61.1 Å². The van der Waals surface area contributed by atoms with Crippen LogP contribution in [-0.2, 0) is 17.8 Å².